The molecule has 0 aliphatic carbocycles. The number of rotatable bonds is 5. The molecule has 1 heterocycles. The highest BCUT2D eigenvalue weighted by atomic mass is 16.2. The second-order valence-corrected chi connectivity index (χ2v) is 4.50. The lowest BCUT2D eigenvalue weighted by atomic mass is 10.2. The maximum absolute atomic E-state index is 11.8. The van der Waals surface area contributed by atoms with Crippen molar-refractivity contribution >= 4 is 17.6 Å². The molecule has 0 atom stereocenters. The summed E-state index contributed by atoms with van der Waals surface area (Å²) in [5, 5.41) is 9.20. The first kappa shape index (κ1) is 14.6. The zero-order chi connectivity index (χ0) is 15.2. The van der Waals surface area contributed by atoms with Crippen molar-refractivity contribution in [2.45, 2.75) is 6.54 Å². The maximum Gasteiger partial charge on any atom is 0.251 e. The van der Waals surface area contributed by atoms with Crippen LogP contribution in [0.5, 0.6) is 0 Å². The molecule has 0 aliphatic heterocycles. The zero-order valence-corrected chi connectivity index (χ0v) is 11.7. The summed E-state index contributed by atoms with van der Waals surface area (Å²) >= 11 is 0. The van der Waals surface area contributed by atoms with Crippen molar-refractivity contribution in [3.05, 3.63) is 47.7 Å². The molecule has 4 N–H and O–H groups in total. The molecular formula is C14H17N5O2. The fraction of sp³-hybridized carbons (Fsp3) is 0.214. The summed E-state index contributed by atoms with van der Waals surface area (Å²) in [4.78, 5) is 23.4. The van der Waals surface area contributed by atoms with Crippen LogP contribution in [0.15, 0.2) is 36.5 Å². The van der Waals surface area contributed by atoms with Gasteiger partial charge in [0.1, 0.15) is 5.82 Å². The average molecular weight is 287 g/mol. The lowest BCUT2D eigenvalue weighted by Gasteiger charge is -2.06. The minimum Gasteiger partial charge on any atom is -0.384 e. The van der Waals surface area contributed by atoms with Gasteiger partial charge in [-0.2, -0.15) is 5.10 Å². The molecule has 0 aliphatic rings. The number of nitrogens with one attached hydrogen (secondary N) is 2. The molecule has 110 valence electrons. The van der Waals surface area contributed by atoms with Gasteiger partial charge in [0.25, 0.3) is 5.91 Å². The van der Waals surface area contributed by atoms with Gasteiger partial charge in [-0.3, -0.25) is 14.3 Å². The van der Waals surface area contributed by atoms with E-state index in [2.05, 4.69) is 15.7 Å². The molecule has 0 unspecified atom stereocenters. The van der Waals surface area contributed by atoms with Crippen molar-refractivity contribution in [1.82, 2.24) is 20.4 Å². The van der Waals surface area contributed by atoms with Gasteiger partial charge in [-0.05, 0) is 12.1 Å². The average Bonchev–Trinajstić information content (AvgIpc) is 2.83. The number of nitrogens with two attached hydrogens (primary N) is 1. The number of anilines is 1. The Morgan fingerprint density at radius 2 is 1.95 bits per heavy atom. The SMILES string of the molecule is Cn1ncc(CNC(=O)CNC(=O)c2ccccc2)c1N. The van der Waals surface area contributed by atoms with E-state index in [0.29, 0.717) is 11.4 Å². The van der Waals surface area contributed by atoms with Gasteiger partial charge in [-0.15, -0.1) is 0 Å². The monoisotopic (exact) mass is 287 g/mol. The number of aromatic nitrogens is 2. The predicted molar refractivity (Wildman–Crippen MR) is 78.2 cm³/mol. The summed E-state index contributed by atoms with van der Waals surface area (Å²) < 4.78 is 1.53. The van der Waals surface area contributed by atoms with Crippen LogP contribution in [0.1, 0.15) is 15.9 Å². The van der Waals surface area contributed by atoms with E-state index >= 15 is 0 Å². The molecule has 0 bridgehead atoms. The third kappa shape index (κ3) is 3.82. The smallest absolute Gasteiger partial charge is 0.251 e. The number of hydrogen-bond acceptors (Lipinski definition) is 4. The summed E-state index contributed by atoms with van der Waals surface area (Å²) in [6.07, 6.45) is 1.60. The molecule has 2 rings (SSSR count). The zero-order valence-electron chi connectivity index (χ0n) is 11.7. The number of nitrogens with zero attached hydrogens (tertiary/aromatic N) is 2. The highest BCUT2D eigenvalue weighted by Gasteiger charge is 2.09. The van der Waals surface area contributed by atoms with E-state index in [0.717, 1.165) is 5.56 Å². The molecule has 0 saturated heterocycles. The predicted octanol–water partition coefficient (Wildman–Crippen LogP) is 0.0485. The fourth-order valence-electron chi connectivity index (χ4n) is 1.74. The van der Waals surface area contributed by atoms with Crippen LogP contribution in [0.2, 0.25) is 0 Å². The molecule has 7 nitrogen and oxygen atoms in total. The van der Waals surface area contributed by atoms with Crippen LogP contribution in [-0.2, 0) is 18.4 Å². The summed E-state index contributed by atoms with van der Waals surface area (Å²) in [5.41, 5.74) is 7.02. The molecule has 0 radical (unpaired) electrons. The van der Waals surface area contributed by atoms with Gasteiger partial charge in [-0.25, -0.2) is 0 Å². The standard InChI is InChI=1S/C14H17N5O2/c1-19-13(15)11(8-18-19)7-16-12(20)9-17-14(21)10-5-3-2-4-6-10/h2-6,8H,7,9,15H2,1H3,(H,16,20)(H,17,21). The molecule has 2 amide bonds. The van der Waals surface area contributed by atoms with Gasteiger partial charge in [0, 0.05) is 24.7 Å². The van der Waals surface area contributed by atoms with Gasteiger partial charge in [0.05, 0.1) is 12.7 Å². The Kier molecular flexibility index (Phi) is 4.55. The van der Waals surface area contributed by atoms with Crippen molar-refractivity contribution in [2.75, 3.05) is 12.3 Å². The second kappa shape index (κ2) is 6.56. The van der Waals surface area contributed by atoms with Gasteiger partial charge in [-0.1, -0.05) is 18.2 Å². The number of carbonyl (C=O) groups is 2. The van der Waals surface area contributed by atoms with Crippen molar-refractivity contribution in [3.63, 3.8) is 0 Å². The normalized spacial score (nSPS) is 10.1. The Morgan fingerprint density at radius 3 is 2.57 bits per heavy atom. The molecule has 2 aromatic rings. The molecule has 7 heteroatoms. The molecule has 21 heavy (non-hydrogen) atoms. The van der Waals surface area contributed by atoms with Crippen LogP contribution in [-0.4, -0.2) is 28.1 Å². The van der Waals surface area contributed by atoms with E-state index in [1.165, 1.54) is 4.68 Å². The lowest BCUT2D eigenvalue weighted by molar-refractivity contribution is -0.120. The summed E-state index contributed by atoms with van der Waals surface area (Å²) in [6.45, 7) is 0.188. The highest BCUT2D eigenvalue weighted by Crippen LogP contribution is 2.07. The minimum atomic E-state index is -0.289. The summed E-state index contributed by atoms with van der Waals surface area (Å²) in [5.74, 6) is -0.0715. The third-order valence-electron chi connectivity index (χ3n) is 2.99. The fourth-order valence-corrected chi connectivity index (χ4v) is 1.74. The van der Waals surface area contributed by atoms with Gasteiger partial charge in [0.2, 0.25) is 5.91 Å². The topological polar surface area (TPSA) is 102 Å². The number of benzene rings is 1. The molecule has 0 spiro atoms. The quantitative estimate of drug-likeness (QED) is 0.723. The molecular weight excluding hydrogens is 270 g/mol. The third-order valence-corrected chi connectivity index (χ3v) is 2.99. The molecule has 0 saturated carbocycles. The molecule has 0 fully saturated rings. The number of amides is 2. The van der Waals surface area contributed by atoms with E-state index < -0.39 is 0 Å². The van der Waals surface area contributed by atoms with Crippen molar-refractivity contribution in [1.29, 1.82) is 0 Å². The summed E-state index contributed by atoms with van der Waals surface area (Å²) in [7, 11) is 1.72. The molecule has 1 aromatic carbocycles. The number of aryl methyl sites for hydroxylation is 1. The van der Waals surface area contributed by atoms with E-state index in [-0.39, 0.29) is 24.9 Å². The Balaban J connectivity index is 1.78. The number of carbonyl (C=O) groups excluding carboxylic acids is 2. The Hall–Kier alpha value is -2.83. The van der Waals surface area contributed by atoms with Gasteiger partial charge >= 0.3 is 0 Å². The lowest BCUT2D eigenvalue weighted by Crippen LogP contribution is -2.36. The van der Waals surface area contributed by atoms with E-state index in [4.69, 9.17) is 5.73 Å². The van der Waals surface area contributed by atoms with Crippen molar-refractivity contribution in [3.8, 4) is 0 Å². The number of hydrogen-bond donors (Lipinski definition) is 3. The van der Waals surface area contributed by atoms with Crippen molar-refractivity contribution in [2.24, 2.45) is 7.05 Å². The second-order valence-electron chi connectivity index (χ2n) is 4.50. The Labute approximate surface area is 122 Å². The summed E-state index contributed by atoms with van der Waals surface area (Å²) in [6, 6.07) is 8.72. The van der Waals surface area contributed by atoms with Crippen LogP contribution < -0.4 is 16.4 Å². The van der Waals surface area contributed by atoms with Crippen LogP contribution in [0.25, 0.3) is 0 Å². The first-order chi connectivity index (χ1) is 10.1. The largest absolute Gasteiger partial charge is 0.384 e. The Bertz CT molecular complexity index is 636. The van der Waals surface area contributed by atoms with Gasteiger partial charge in [0.15, 0.2) is 0 Å². The van der Waals surface area contributed by atoms with E-state index in [9.17, 15) is 9.59 Å². The van der Waals surface area contributed by atoms with Gasteiger partial charge < -0.3 is 16.4 Å². The minimum absolute atomic E-state index is 0.0894. The highest BCUT2D eigenvalue weighted by molar-refractivity contribution is 5.96. The van der Waals surface area contributed by atoms with Crippen LogP contribution in [0.3, 0.4) is 0 Å². The number of nitrogen functional groups attached to an aromatic ring is 1. The van der Waals surface area contributed by atoms with Crippen LogP contribution >= 0.6 is 0 Å². The Morgan fingerprint density at radius 1 is 1.24 bits per heavy atom. The van der Waals surface area contributed by atoms with E-state index in [1.807, 2.05) is 6.07 Å². The van der Waals surface area contributed by atoms with Crippen molar-refractivity contribution < 1.29 is 9.59 Å². The van der Waals surface area contributed by atoms with Crippen LogP contribution in [0.4, 0.5) is 5.82 Å². The maximum atomic E-state index is 11.8. The van der Waals surface area contributed by atoms with Crippen LogP contribution in [0, 0.1) is 0 Å². The first-order valence-electron chi connectivity index (χ1n) is 6.44. The first-order valence-corrected chi connectivity index (χ1v) is 6.44. The molecule has 1 aromatic heterocycles. The van der Waals surface area contributed by atoms with E-state index in [1.54, 1.807) is 37.5 Å².